The van der Waals surface area contributed by atoms with Crippen molar-refractivity contribution >= 4 is 10.9 Å². The minimum Gasteiger partial charge on any atom is -0.506 e. The van der Waals surface area contributed by atoms with Gasteiger partial charge < -0.3 is 15.5 Å². The van der Waals surface area contributed by atoms with Gasteiger partial charge in [0.1, 0.15) is 11.3 Å². The third-order valence-electron chi connectivity index (χ3n) is 2.44. The Bertz CT molecular complexity index is 485. The topological polar surface area (TPSA) is 65.4 Å². The van der Waals surface area contributed by atoms with Gasteiger partial charge in [0, 0.05) is 24.7 Å². The molecule has 3 N–H and O–H groups in total. The molecule has 4 heteroatoms. The van der Waals surface area contributed by atoms with Crippen LogP contribution in [-0.2, 0) is 6.54 Å². The lowest BCUT2D eigenvalue weighted by Crippen LogP contribution is -2.17. The molecule has 84 valence electrons. The van der Waals surface area contributed by atoms with Crippen molar-refractivity contribution in [3.8, 4) is 5.75 Å². The van der Waals surface area contributed by atoms with Gasteiger partial charge in [0.15, 0.2) is 0 Å². The number of nitrogens with one attached hydrogen (secondary N) is 1. The van der Waals surface area contributed by atoms with E-state index >= 15 is 0 Å². The number of hydrogen-bond acceptors (Lipinski definition) is 4. The highest BCUT2D eigenvalue weighted by Crippen LogP contribution is 2.25. The summed E-state index contributed by atoms with van der Waals surface area (Å²) < 4.78 is 0. The minimum absolute atomic E-state index is 0.119. The molecule has 1 aromatic heterocycles. The molecule has 0 unspecified atom stereocenters. The maximum Gasteiger partial charge on any atom is 0.141 e. The van der Waals surface area contributed by atoms with Crippen molar-refractivity contribution in [2.75, 3.05) is 13.2 Å². The molecular weight excluding hydrogens is 204 g/mol. The number of phenols is 1. The van der Waals surface area contributed by atoms with Crippen molar-refractivity contribution in [3.63, 3.8) is 0 Å². The summed E-state index contributed by atoms with van der Waals surface area (Å²) in [6.07, 6.45) is 1.66. The van der Waals surface area contributed by atoms with Crippen LogP contribution in [0.3, 0.4) is 0 Å². The molecule has 0 amide bonds. The standard InChI is InChI=1S/C12H14N2O2/c15-7-6-13-8-9-3-4-11(16)12-10(9)2-1-5-14-12/h1-5,13,15-16H,6-8H2. The van der Waals surface area contributed by atoms with Gasteiger partial charge in [-0.15, -0.1) is 0 Å². The van der Waals surface area contributed by atoms with E-state index in [4.69, 9.17) is 5.11 Å². The Balaban J connectivity index is 2.35. The minimum atomic E-state index is 0.119. The molecule has 2 aromatic rings. The SMILES string of the molecule is OCCNCc1ccc(O)c2ncccc12. The Morgan fingerprint density at radius 2 is 2.12 bits per heavy atom. The molecule has 2 rings (SSSR count). The zero-order valence-corrected chi connectivity index (χ0v) is 8.85. The predicted molar refractivity (Wildman–Crippen MR) is 62.2 cm³/mol. The van der Waals surface area contributed by atoms with E-state index in [9.17, 15) is 5.11 Å². The highest BCUT2D eigenvalue weighted by atomic mass is 16.3. The second-order valence-electron chi connectivity index (χ2n) is 3.54. The number of aromatic nitrogens is 1. The fraction of sp³-hybridized carbons (Fsp3) is 0.250. The van der Waals surface area contributed by atoms with E-state index in [1.807, 2.05) is 18.2 Å². The molecule has 16 heavy (non-hydrogen) atoms. The summed E-state index contributed by atoms with van der Waals surface area (Å²) >= 11 is 0. The number of fused-ring (bicyclic) bond motifs is 1. The van der Waals surface area contributed by atoms with Crippen molar-refractivity contribution in [1.82, 2.24) is 10.3 Å². The van der Waals surface area contributed by atoms with Crippen LogP contribution in [0.2, 0.25) is 0 Å². The molecule has 0 spiro atoms. The first-order chi connectivity index (χ1) is 7.83. The van der Waals surface area contributed by atoms with E-state index in [1.165, 1.54) is 0 Å². The van der Waals surface area contributed by atoms with Gasteiger partial charge in [0.05, 0.1) is 6.61 Å². The van der Waals surface area contributed by atoms with Gasteiger partial charge in [0.25, 0.3) is 0 Å². The molecule has 0 atom stereocenters. The van der Waals surface area contributed by atoms with E-state index in [1.54, 1.807) is 12.3 Å². The predicted octanol–water partition coefficient (Wildman–Crippen LogP) is 1.02. The molecule has 1 aromatic carbocycles. The largest absolute Gasteiger partial charge is 0.506 e. The monoisotopic (exact) mass is 218 g/mol. The van der Waals surface area contributed by atoms with Gasteiger partial charge in [-0.1, -0.05) is 12.1 Å². The number of aliphatic hydroxyl groups excluding tert-OH is 1. The Kier molecular flexibility index (Phi) is 3.34. The quantitative estimate of drug-likeness (QED) is 0.670. The van der Waals surface area contributed by atoms with Crippen LogP contribution in [0, 0.1) is 0 Å². The van der Waals surface area contributed by atoms with Crippen LogP contribution < -0.4 is 5.32 Å². The first-order valence-electron chi connectivity index (χ1n) is 5.20. The molecule has 0 fully saturated rings. The van der Waals surface area contributed by atoms with Crippen molar-refractivity contribution < 1.29 is 10.2 Å². The fourth-order valence-corrected chi connectivity index (χ4v) is 1.67. The second kappa shape index (κ2) is 4.92. The van der Waals surface area contributed by atoms with Gasteiger partial charge in [-0.25, -0.2) is 0 Å². The van der Waals surface area contributed by atoms with Gasteiger partial charge in [0.2, 0.25) is 0 Å². The van der Waals surface area contributed by atoms with Crippen molar-refractivity contribution in [1.29, 1.82) is 0 Å². The van der Waals surface area contributed by atoms with Gasteiger partial charge in [-0.3, -0.25) is 4.98 Å². The van der Waals surface area contributed by atoms with Gasteiger partial charge in [-0.05, 0) is 17.7 Å². The molecule has 0 bridgehead atoms. The van der Waals surface area contributed by atoms with Crippen LogP contribution in [0.1, 0.15) is 5.56 Å². The smallest absolute Gasteiger partial charge is 0.141 e. The van der Waals surface area contributed by atoms with Crippen LogP contribution in [-0.4, -0.2) is 28.3 Å². The van der Waals surface area contributed by atoms with E-state index in [0.29, 0.717) is 18.6 Å². The third kappa shape index (κ3) is 2.13. The lowest BCUT2D eigenvalue weighted by molar-refractivity contribution is 0.292. The number of pyridine rings is 1. The Hall–Kier alpha value is -1.65. The summed E-state index contributed by atoms with van der Waals surface area (Å²) in [7, 11) is 0. The molecule has 0 aliphatic heterocycles. The molecule has 0 saturated heterocycles. The third-order valence-corrected chi connectivity index (χ3v) is 2.44. The fourth-order valence-electron chi connectivity index (χ4n) is 1.67. The summed E-state index contributed by atoms with van der Waals surface area (Å²) in [5, 5.41) is 22.4. The normalized spacial score (nSPS) is 10.8. The highest BCUT2D eigenvalue weighted by molar-refractivity contribution is 5.87. The number of rotatable bonds is 4. The van der Waals surface area contributed by atoms with Crippen LogP contribution in [0.25, 0.3) is 10.9 Å². The number of nitrogens with zero attached hydrogens (tertiary/aromatic N) is 1. The van der Waals surface area contributed by atoms with E-state index in [2.05, 4.69) is 10.3 Å². The summed E-state index contributed by atoms with van der Waals surface area (Å²) in [6.45, 7) is 1.33. The van der Waals surface area contributed by atoms with Crippen LogP contribution in [0.15, 0.2) is 30.5 Å². The zero-order chi connectivity index (χ0) is 11.4. The van der Waals surface area contributed by atoms with Gasteiger partial charge >= 0.3 is 0 Å². The Morgan fingerprint density at radius 3 is 2.94 bits per heavy atom. The lowest BCUT2D eigenvalue weighted by atomic mass is 10.1. The van der Waals surface area contributed by atoms with Crippen molar-refractivity contribution in [2.45, 2.75) is 6.54 Å². The first-order valence-corrected chi connectivity index (χ1v) is 5.20. The molecule has 0 radical (unpaired) electrons. The second-order valence-corrected chi connectivity index (χ2v) is 3.54. The van der Waals surface area contributed by atoms with E-state index in [-0.39, 0.29) is 12.4 Å². The molecule has 0 aliphatic rings. The Labute approximate surface area is 93.6 Å². The lowest BCUT2D eigenvalue weighted by Gasteiger charge is -2.07. The highest BCUT2D eigenvalue weighted by Gasteiger charge is 2.04. The summed E-state index contributed by atoms with van der Waals surface area (Å²) in [6, 6.07) is 7.28. The summed E-state index contributed by atoms with van der Waals surface area (Å²) in [4.78, 5) is 4.14. The zero-order valence-electron chi connectivity index (χ0n) is 8.85. The summed E-state index contributed by atoms with van der Waals surface area (Å²) in [5.74, 6) is 0.196. The molecular formula is C12H14N2O2. The molecule has 1 heterocycles. The maximum absolute atomic E-state index is 9.64. The van der Waals surface area contributed by atoms with Crippen LogP contribution in [0.5, 0.6) is 5.75 Å². The molecule has 0 saturated carbocycles. The number of aliphatic hydroxyl groups is 1. The Morgan fingerprint density at radius 1 is 1.25 bits per heavy atom. The van der Waals surface area contributed by atoms with Crippen molar-refractivity contribution in [2.24, 2.45) is 0 Å². The number of benzene rings is 1. The summed E-state index contributed by atoms with van der Waals surface area (Å²) in [5.41, 5.74) is 1.68. The average molecular weight is 218 g/mol. The van der Waals surface area contributed by atoms with Crippen molar-refractivity contribution in [3.05, 3.63) is 36.0 Å². The van der Waals surface area contributed by atoms with Gasteiger partial charge in [-0.2, -0.15) is 0 Å². The first kappa shape index (κ1) is 10.9. The number of phenolic OH excluding ortho intramolecular Hbond substituents is 1. The van der Waals surface area contributed by atoms with Crippen LogP contribution >= 0.6 is 0 Å². The number of aromatic hydroxyl groups is 1. The molecule has 4 nitrogen and oxygen atoms in total. The average Bonchev–Trinajstić information content (AvgIpc) is 2.33. The van der Waals surface area contributed by atoms with E-state index in [0.717, 1.165) is 10.9 Å². The van der Waals surface area contributed by atoms with Crippen LogP contribution in [0.4, 0.5) is 0 Å². The van der Waals surface area contributed by atoms with E-state index < -0.39 is 0 Å². The molecule has 0 aliphatic carbocycles. The number of hydrogen-bond donors (Lipinski definition) is 3. The maximum atomic E-state index is 9.64.